The Morgan fingerprint density at radius 2 is 1.81 bits per heavy atom. The van der Waals surface area contributed by atoms with Gasteiger partial charge in [-0.15, -0.1) is 0 Å². The zero-order valence-corrected chi connectivity index (χ0v) is 8.78. The SMILES string of the molecule is N#Cc1nc(-c2ccc(Cl)cc2)[nH]c1C#N. The minimum absolute atomic E-state index is 0.104. The zero-order valence-electron chi connectivity index (χ0n) is 8.03. The molecule has 0 atom stereocenters. The van der Waals surface area contributed by atoms with Crippen LogP contribution in [0.15, 0.2) is 24.3 Å². The average molecular weight is 229 g/mol. The van der Waals surface area contributed by atoms with Gasteiger partial charge in [-0.3, -0.25) is 0 Å². The van der Waals surface area contributed by atoms with E-state index in [2.05, 4.69) is 9.97 Å². The Hall–Kier alpha value is -2.30. The van der Waals surface area contributed by atoms with Crippen LogP contribution in [0.25, 0.3) is 11.4 Å². The molecule has 0 aliphatic heterocycles. The minimum atomic E-state index is 0.104. The molecule has 0 radical (unpaired) electrons. The number of rotatable bonds is 1. The third-order valence-corrected chi connectivity index (χ3v) is 2.29. The molecule has 1 aromatic carbocycles. The molecule has 0 saturated heterocycles. The second-order valence-electron chi connectivity index (χ2n) is 3.04. The van der Waals surface area contributed by atoms with Crippen LogP contribution in [0.5, 0.6) is 0 Å². The van der Waals surface area contributed by atoms with Gasteiger partial charge >= 0.3 is 0 Å². The lowest BCUT2D eigenvalue weighted by atomic mass is 10.2. The van der Waals surface area contributed by atoms with E-state index in [1.165, 1.54) is 0 Å². The Bertz CT molecular complexity index is 567. The summed E-state index contributed by atoms with van der Waals surface area (Å²) >= 11 is 5.75. The summed E-state index contributed by atoms with van der Waals surface area (Å²) in [5, 5.41) is 18.1. The number of nitriles is 2. The summed E-state index contributed by atoms with van der Waals surface area (Å²) in [6.45, 7) is 0. The van der Waals surface area contributed by atoms with Crippen LogP contribution < -0.4 is 0 Å². The second kappa shape index (κ2) is 4.06. The zero-order chi connectivity index (χ0) is 11.5. The number of aromatic amines is 1. The molecule has 2 aromatic rings. The van der Waals surface area contributed by atoms with Crippen LogP contribution in [-0.2, 0) is 0 Å². The number of hydrogen-bond acceptors (Lipinski definition) is 3. The normalized spacial score (nSPS) is 9.44. The fourth-order valence-corrected chi connectivity index (χ4v) is 1.41. The van der Waals surface area contributed by atoms with E-state index in [-0.39, 0.29) is 11.4 Å². The van der Waals surface area contributed by atoms with E-state index in [0.29, 0.717) is 10.8 Å². The quantitative estimate of drug-likeness (QED) is 0.815. The maximum Gasteiger partial charge on any atom is 0.177 e. The van der Waals surface area contributed by atoms with Crippen LogP contribution >= 0.6 is 11.6 Å². The number of hydrogen-bond donors (Lipinski definition) is 1. The topological polar surface area (TPSA) is 76.3 Å². The van der Waals surface area contributed by atoms with Gasteiger partial charge in [-0.25, -0.2) is 4.98 Å². The van der Waals surface area contributed by atoms with E-state index in [1.54, 1.807) is 24.3 Å². The van der Waals surface area contributed by atoms with E-state index in [1.807, 2.05) is 12.1 Å². The maximum atomic E-state index is 8.76. The van der Waals surface area contributed by atoms with Crippen molar-refractivity contribution in [1.29, 1.82) is 10.5 Å². The number of H-pyrrole nitrogens is 1. The first-order chi connectivity index (χ1) is 7.74. The van der Waals surface area contributed by atoms with Crippen LogP contribution in [0.2, 0.25) is 5.02 Å². The van der Waals surface area contributed by atoms with Crippen LogP contribution in [0.3, 0.4) is 0 Å². The van der Waals surface area contributed by atoms with Gasteiger partial charge in [0, 0.05) is 10.6 Å². The highest BCUT2D eigenvalue weighted by Crippen LogP contribution is 2.19. The van der Waals surface area contributed by atoms with Crippen molar-refractivity contribution in [2.24, 2.45) is 0 Å². The Balaban J connectivity index is 2.50. The number of halogens is 1. The number of nitrogens with one attached hydrogen (secondary N) is 1. The van der Waals surface area contributed by atoms with Gasteiger partial charge in [-0.2, -0.15) is 10.5 Å². The van der Waals surface area contributed by atoms with Crippen molar-refractivity contribution < 1.29 is 0 Å². The lowest BCUT2D eigenvalue weighted by Crippen LogP contribution is -1.79. The van der Waals surface area contributed by atoms with Crippen LogP contribution in [0.1, 0.15) is 11.4 Å². The molecule has 0 bridgehead atoms. The Labute approximate surface area is 96.7 Å². The van der Waals surface area contributed by atoms with Gasteiger partial charge in [0.05, 0.1) is 0 Å². The van der Waals surface area contributed by atoms with Crippen molar-refractivity contribution in [2.75, 3.05) is 0 Å². The van der Waals surface area contributed by atoms with E-state index in [9.17, 15) is 0 Å². The van der Waals surface area contributed by atoms with E-state index < -0.39 is 0 Å². The first kappa shape index (κ1) is 10.2. The van der Waals surface area contributed by atoms with Gasteiger partial charge in [-0.05, 0) is 24.3 Å². The van der Waals surface area contributed by atoms with E-state index in [0.717, 1.165) is 5.56 Å². The van der Waals surface area contributed by atoms with Crippen molar-refractivity contribution in [2.45, 2.75) is 0 Å². The lowest BCUT2D eigenvalue weighted by Gasteiger charge is -1.95. The van der Waals surface area contributed by atoms with Crippen molar-refractivity contribution in [3.63, 3.8) is 0 Å². The summed E-state index contributed by atoms with van der Waals surface area (Å²) in [4.78, 5) is 6.80. The van der Waals surface area contributed by atoms with Crippen molar-refractivity contribution in [3.8, 4) is 23.5 Å². The smallest absolute Gasteiger partial charge is 0.177 e. The molecule has 0 amide bonds. The molecule has 0 saturated carbocycles. The highest BCUT2D eigenvalue weighted by Gasteiger charge is 2.10. The molecule has 0 unspecified atom stereocenters. The molecule has 76 valence electrons. The molecule has 2 rings (SSSR count). The van der Waals surface area contributed by atoms with Gasteiger partial charge in [0.2, 0.25) is 0 Å². The fraction of sp³-hybridized carbons (Fsp3) is 0. The number of benzene rings is 1. The summed E-state index contributed by atoms with van der Waals surface area (Å²) in [5.41, 5.74) is 1.06. The third kappa shape index (κ3) is 1.75. The van der Waals surface area contributed by atoms with E-state index >= 15 is 0 Å². The Morgan fingerprint density at radius 3 is 2.31 bits per heavy atom. The summed E-state index contributed by atoms with van der Waals surface area (Å²) < 4.78 is 0. The van der Waals surface area contributed by atoms with Crippen molar-refractivity contribution in [1.82, 2.24) is 9.97 Å². The van der Waals surface area contributed by atoms with Gasteiger partial charge in [0.15, 0.2) is 11.4 Å². The van der Waals surface area contributed by atoms with Crippen LogP contribution in [-0.4, -0.2) is 9.97 Å². The Kier molecular flexibility index (Phi) is 2.59. The van der Waals surface area contributed by atoms with Crippen LogP contribution in [0.4, 0.5) is 0 Å². The highest BCUT2D eigenvalue weighted by atomic mass is 35.5. The molecule has 16 heavy (non-hydrogen) atoms. The van der Waals surface area contributed by atoms with E-state index in [4.69, 9.17) is 22.1 Å². The molecule has 5 heteroatoms. The van der Waals surface area contributed by atoms with Crippen molar-refractivity contribution >= 4 is 11.6 Å². The fourth-order valence-electron chi connectivity index (χ4n) is 1.28. The van der Waals surface area contributed by atoms with Gasteiger partial charge < -0.3 is 4.98 Å². The predicted octanol–water partition coefficient (Wildman–Crippen LogP) is 2.47. The summed E-state index contributed by atoms with van der Waals surface area (Å²) in [7, 11) is 0. The first-order valence-electron chi connectivity index (χ1n) is 4.40. The lowest BCUT2D eigenvalue weighted by molar-refractivity contribution is 1.29. The third-order valence-electron chi connectivity index (χ3n) is 2.04. The molecule has 0 aliphatic rings. The number of imidazole rings is 1. The molecular formula is C11H5ClN4. The highest BCUT2D eigenvalue weighted by molar-refractivity contribution is 6.30. The molecule has 0 fully saturated rings. The molecule has 1 heterocycles. The average Bonchev–Trinajstić information content (AvgIpc) is 2.73. The monoisotopic (exact) mass is 228 g/mol. The Morgan fingerprint density at radius 1 is 1.12 bits per heavy atom. The minimum Gasteiger partial charge on any atom is -0.329 e. The molecule has 1 aromatic heterocycles. The van der Waals surface area contributed by atoms with Gasteiger partial charge in [0.25, 0.3) is 0 Å². The number of nitrogens with zero attached hydrogens (tertiary/aromatic N) is 3. The largest absolute Gasteiger partial charge is 0.329 e. The number of aromatic nitrogens is 2. The van der Waals surface area contributed by atoms with Crippen LogP contribution in [0, 0.1) is 22.7 Å². The molecule has 1 N–H and O–H groups in total. The maximum absolute atomic E-state index is 8.76. The first-order valence-corrected chi connectivity index (χ1v) is 4.78. The molecule has 0 aliphatic carbocycles. The molecule has 0 spiro atoms. The predicted molar refractivity (Wildman–Crippen MR) is 58.5 cm³/mol. The second-order valence-corrected chi connectivity index (χ2v) is 3.48. The van der Waals surface area contributed by atoms with Crippen molar-refractivity contribution in [3.05, 3.63) is 40.7 Å². The molecular weight excluding hydrogens is 224 g/mol. The molecule has 4 nitrogen and oxygen atoms in total. The van der Waals surface area contributed by atoms with Gasteiger partial charge in [-0.1, -0.05) is 11.6 Å². The summed E-state index contributed by atoms with van der Waals surface area (Å²) in [6, 6.07) is 10.7. The van der Waals surface area contributed by atoms with Gasteiger partial charge in [0.1, 0.15) is 18.0 Å². The standard InChI is InChI=1S/C11H5ClN4/c12-8-3-1-7(2-4-8)11-15-9(5-13)10(6-14)16-11/h1-4H,(H,15,16). The summed E-state index contributed by atoms with van der Waals surface area (Å²) in [5.74, 6) is 0.491. The summed E-state index contributed by atoms with van der Waals surface area (Å²) in [6.07, 6.45) is 0.